The highest BCUT2D eigenvalue weighted by atomic mass is 16.6. The summed E-state index contributed by atoms with van der Waals surface area (Å²) in [5.41, 5.74) is 4.65. The summed E-state index contributed by atoms with van der Waals surface area (Å²) < 4.78 is 11.4. The molecule has 0 aromatic heterocycles. The third-order valence-corrected chi connectivity index (χ3v) is 8.90. The molecule has 0 amide bonds. The first-order valence-corrected chi connectivity index (χ1v) is 14.7. The van der Waals surface area contributed by atoms with Crippen molar-refractivity contribution in [1.82, 2.24) is 0 Å². The Labute approximate surface area is 224 Å². The topological polar surface area (TPSA) is 76.0 Å². The number of carbonyl (C=O) groups excluding carboxylic acids is 1. The lowest BCUT2D eigenvalue weighted by molar-refractivity contribution is -0.226. The number of carbonyl (C=O) groups is 1. The van der Waals surface area contributed by atoms with Crippen molar-refractivity contribution in [2.45, 2.75) is 129 Å². The van der Waals surface area contributed by atoms with Crippen molar-refractivity contribution in [3.8, 4) is 0 Å². The minimum absolute atomic E-state index is 0.00734. The Balaban J connectivity index is 1.65. The zero-order chi connectivity index (χ0) is 27.1. The van der Waals surface area contributed by atoms with Crippen LogP contribution in [0.1, 0.15) is 111 Å². The number of hydrogen-bond acceptors (Lipinski definition) is 5. The maximum Gasteiger partial charge on any atom is 0.332 e. The van der Waals surface area contributed by atoms with Crippen molar-refractivity contribution in [2.24, 2.45) is 11.3 Å². The minimum atomic E-state index is -1.63. The first kappa shape index (κ1) is 29.9. The molecule has 0 aromatic rings. The van der Waals surface area contributed by atoms with E-state index in [1.165, 1.54) is 18.4 Å². The summed E-state index contributed by atoms with van der Waals surface area (Å²) in [5.74, 6) is -1.57. The first-order chi connectivity index (χ1) is 17.7. The van der Waals surface area contributed by atoms with Crippen LogP contribution in [0.15, 0.2) is 47.1 Å². The third kappa shape index (κ3) is 7.46. The summed E-state index contributed by atoms with van der Waals surface area (Å²) in [4.78, 5) is 12.5. The number of aliphatic hydroxyl groups is 2. The number of fused-ring (bicyclic) bond motifs is 1. The smallest absolute Gasteiger partial charge is 0.332 e. The van der Waals surface area contributed by atoms with Gasteiger partial charge in [-0.3, -0.25) is 0 Å². The SMILES string of the molecule is C=C1C(=CC=C2CCC[C@]3(C)C(CC)=CC[C@@H]23)C[C@](O)(OCC(=O)OC(CCCC)CCCC)CC1O. The van der Waals surface area contributed by atoms with E-state index >= 15 is 0 Å². The highest BCUT2D eigenvalue weighted by Crippen LogP contribution is 2.55. The van der Waals surface area contributed by atoms with E-state index in [0.29, 0.717) is 11.5 Å². The largest absolute Gasteiger partial charge is 0.461 e. The molecule has 37 heavy (non-hydrogen) atoms. The number of aliphatic hydroxyl groups excluding tert-OH is 1. The maximum atomic E-state index is 12.5. The molecule has 0 saturated heterocycles. The van der Waals surface area contributed by atoms with Crippen molar-refractivity contribution in [3.05, 3.63) is 47.1 Å². The normalized spacial score (nSPS) is 32.2. The zero-order valence-electron chi connectivity index (χ0n) is 23.7. The molecule has 0 heterocycles. The fourth-order valence-electron chi connectivity index (χ4n) is 6.60. The minimum Gasteiger partial charge on any atom is -0.461 e. The second-order valence-electron chi connectivity index (χ2n) is 11.6. The zero-order valence-corrected chi connectivity index (χ0v) is 23.7. The van der Waals surface area contributed by atoms with E-state index in [0.717, 1.165) is 63.4 Å². The first-order valence-electron chi connectivity index (χ1n) is 14.7. The van der Waals surface area contributed by atoms with Crippen LogP contribution in [-0.4, -0.2) is 40.8 Å². The van der Waals surface area contributed by atoms with Gasteiger partial charge in [-0.25, -0.2) is 4.79 Å². The lowest BCUT2D eigenvalue weighted by Crippen LogP contribution is -2.43. The molecule has 0 aromatic carbocycles. The molecule has 208 valence electrons. The van der Waals surface area contributed by atoms with Crippen LogP contribution >= 0.6 is 0 Å². The van der Waals surface area contributed by atoms with Gasteiger partial charge in [-0.05, 0) is 67.4 Å². The molecule has 5 nitrogen and oxygen atoms in total. The standard InChI is InChI=1S/C32H50O5/c1-6-9-13-27(14-10-7-2)37-30(34)22-36-32(35)20-25(23(4)29(33)21-32)16-15-24-12-11-19-31(5)26(8-3)17-18-28(24)31/h15-17,27-29,33,35H,4,6-14,18-22H2,1-3,5H3/t28-,29?,31+,32-/m0/s1. The summed E-state index contributed by atoms with van der Waals surface area (Å²) in [7, 11) is 0. The fraction of sp³-hybridized carbons (Fsp3) is 0.719. The van der Waals surface area contributed by atoms with Crippen molar-refractivity contribution in [1.29, 1.82) is 0 Å². The van der Waals surface area contributed by atoms with Crippen LogP contribution in [0.3, 0.4) is 0 Å². The predicted molar refractivity (Wildman–Crippen MR) is 149 cm³/mol. The van der Waals surface area contributed by atoms with Gasteiger partial charge in [0, 0.05) is 12.8 Å². The van der Waals surface area contributed by atoms with E-state index in [1.807, 2.05) is 6.08 Å². The highest BCUT2D eigenvalue weighted by Gasteiger charge is 2.44. The number of unbranched alkanes of at least 4 members (excludes halogenated alkanes) is 2. The van der Waals surface area contributed by atoms with E-state index in [2.05, 4.69) is 46.4 Å². The average molecular weight is 515 g/mol. The van der Waals surface area contributed by atoms with Gasteiger partial charge < -0.3 is 19.7 Å². The molecule has 2 N–H and O–H groups in total. The lowest BCUT2D eigenvalue weighted by Gasteiger charge is -2.41. The van der Waals surface area contributed by atoms with Crippen LogP contribution < -0.4 is 0 Å². The van der Waals surface area contributed by atoms with Crippen LogP contribution in [0.2, 0.25) is 0 Å². The molecule has 3 aliphatic rings. The van der Waals surface area contributed by atoms with Gasteiger partial charge in [0.15, 0.2) is 5.79 Å². The van der Waals surface area contributed by atoms with Gasteiger partial charge in [-0.1, -0.05) is 89.3 Å². The van der Waals surface area contributed by atoms with Crippen LogP contribution in [0.4, 0.5) is 0 Å². The fourth-order valence-corrected chi connectivity index (χ4v) is 6.60. The molecule has 1 unspecified atom stereocenters. The summed E-state index contributed by atoms with van der Waals surface area (Å²) in [5, 5.41) is 21.8. The molecule has 2 fully saturated rings. The van der Waals surface area contributed by atoms with Crippen molar-refractivity contribution in [2.75, 3.05) is 6.61 Å². The Morgan fingerprint density at radius 2 is 1.92 bits per heavy atom. The van der Waals surface area contributed by atoms with Crippen LogP contribution in [0, 0.1) is 11.3 Å². The van der Waals surface area contributed by atoms with Gasteiger partial charge >= 0.3 is 5.97 Å². The number of esters is 1. The molecule has 4 atom stereocenters. The predicted octanol–water partition coefficient (Wildman–Crippen LogP) is 7.09. The number of rotatable bonds is 12. The third-order valence-electron chi connectivity index (χ3n) is 8.90. The van der Waals surface area contributed by atoms with E-state index < -0.39 is 17.9 Å². The molecule has 3 rings (SSSR count). The summed E-state index contributed by atoms with van der Waals surface area (Å²) in [6.45, 7) is 12.7. The van der Waals surface area contributed by atoms with Crippen LogP contribution in [-0.2, 0) is 14.3 Å². The molecule has 0 spiro atoms. The van der Waals surface area contributed by atoms with E-state index in [9.17, 15) is 15.0 Å². The quantitative estimate of drug-likeness (QED) is 0.165. The van der Waals surface area contributed by atoms with Gasteiger partial charge in [0.05, 0.1) is 6.10 Å². The molecule has 3 aliphatic carbocycles. The Kier molecular flexibility index (Phi) is 10.8. The average Bonchev–Trinajstić information content (AvgIpc) is 3.22. The Morgan fingerprint density at radius 1 is 1.22 bits per heavy atom. The number of ether oxygens (including phenoxy) is 2. The van der Waals surface area contributed by atoms with Gasteiger partial charge in [-0.15, -0.1) is 0 Å². The van der Waals surface area contributed by atoms with Gasteiger partial charge in [0.2, 0.25) is 0 Å². The second kappa shape index (κ2) is 13.4. The maximum absolute atomic E-state index is 12.5. The monoisotopic (exact) mass is 514 g/mol. The molecular formula is C32H50O5. The second-order valence-corrected chi connectivity index (χ2v) is 11.6. The molecule has 0 bridgehead atoms. The Bertz CT molecular complexity index is 891. The van der Waals surface area contributed by atoms with Crippen LogP contribution in [0.25, 0.3) is 0 Å². The summed E-state index contributed by atoms with van der Waals surface area (Å²) >= 11 is 0. The van der Waals surface area contributed by atoms with Crippen molar-refractivity contribution in [3.63, 3.8) is 0 Å². The lowest BCUT2D eigenvalue weighted by atomic mass is 9.64. The molecule has 2 saturated carbocycles. The molecular weight excluding hydrogens is 464 g/mol. The summed E-state index contributed by atoms with van der Waals surface area (Å²) in [6, 6.07) is 0. The Hall–Kier alpha value is -1.69. The van der Waals surface area contributed by atoms with Crippen LogP contribution in [0.5, 0.6) is 0 Å². The molecule has 0 aliphatic heterocycles. The molecule has 0 radical (unpaired) electrons. The van der Waals surface area contributed by atoms with Crippen molar-refractivity contribution < 1.29 is 24.5 Å². The van der Waals surface area contributed by atoms with E-state index in [1.54, 1.807) is 5.57 Å². The van der Waals surface area contributed by atoms with E-state index in [4.69, 9.17) is 9.47 Å². The summed E-state index contributed by atoms with van der Waals surface area (Å²) in [6.07, 6.45) is 17.3. The van der Waals surface area contributed by atoms with Gasteiger partial charge in [0.25, 0.3) is 0 Å². The van der Waals surface area contributed by atoms with Gasteiger partial charge in [0.1, 0.15) is 12.7 Å². The molecule has 5 heteroatoms. The van der Waals surface area contributed by atoms with E-state index in [-0.39, 0.29) is 31.0 Å². The highest BCUT2D eigenvalue weighted by molar-refractivity contribution is 5.71. The number of hydrogen-bond donors (Lipinski definition) is 2. The Morgan fingerprint density at radius 3 is 2.57 bits per heavy atom. The van der Waals surface area contributed by atoms with Gasteiger partial charge in [-0.2, -0.15) is 0 Å². The van der Waals surface area contributed by atoms with Crippen molar-refractivity contribution >= 4 is 5.97 Å². The number of allylic oxidation sites excluding steroid dienone is 5.